The van der Waals surface area contributed by atoms with Crippen molar-refractivity contribution < 1.29 is 13.2 Å². The quantitative estimate of drug-likeness (QED) is 0.813. The summed E-state index contributed by atoms with van der Waals surface area (Å²) in [6.07, 6.45) is 3.40. The highest BCUT2D eigenvalue weighted by atomic mass is 32.2. The molecular formula is C13H20N2O3S. The Morgan fingerprint density at radius 2 is 2.21 bits per heavy atom. The Hall–Kier alpha value is -0.980. The van der Waals surface area contributed by atoms with Crippen molar-refractivity contribution in [1.29, 1.82) is 0 Å². The van der Waals surface area contributed by atoms with E-state index >= 15 is 0 Å². The van der Waals surface area contributed by atoms with Crippen LogP contribution in [0.3, 0.4) is 0 Å². The summed E-state index contributed by atoms with van der Waals surface area (Å²) in [4.78, 5) is 4.33. The normalized spacial score (nSPS) is 19.1. The van der Waals surface area contributed by atoms with E-state index in [1.54, 1.807) is 13.1 Å². The molecule has 1 heterocycles. The zero-order valence-corrected chi connectivity index (χ0v) is 12.1. The highest BCUT2D eigenvalue weighted by molar-refractivity contribution is 7.89. The van der Waals surface area contributed by atoms with Crippen molar-refractivity contribution in [3.8, 4) is 0 Å². The molecule has 1 saturated carbocycles. The molecule has 1 aromatic rings. The van der Waals surface area contributed by atoms with Gasteiger partial charge in [0.25, 0.3) is 0 Å². The minimum atomic E-state index is -3.30. The summed E-state index contributed by atoms with van der Waals surface area (Å²) in [6, 6.07) is 5.76. The van der Waals surface area contributed by atoms with E-state index in [0.29, 0.717) is 6.54 Å². The van der Waals surface area contributed by atoms with Crippen LogP contribution in [-0.4, -0.2) is 38.9 Å². The first-order chi connectivity index (χ1) is 8.97. The second kappa shape index (κ2) is 5.56. The molecule has 1 atom stereocenters. The molecule has 1 aliphatic carbocycles. The minimum absolute atomic E-state index is 0.0121. The summed E-state index contributed by atoms with van der Waals surface area (Å²) >= 11 is 0. The number of aromatic nitrogens is 1. The van der Waals surface area contributed by atoms with Gasteiger partial charge in [0, 0.05) is 31.0 Å². The van der Waals surface area contributed by atoms with Crippen LogP contribution in [0, 0.1) is 0 Å². The number of nitrogens with zero attached hydrogens (tertiary/aromatic N) is 1. The lowest BCUT2D eigenvalue weighted by atomic mass is 10.0. The van der Waals surface area contributed by atoms with Crippen molar-refractivity contribution in [2.75, 3.05) is 19.4 Å². The number of rotatable bonds is 7. The number of hydrogen-bond acceptors (Lipinski definition) is 4. The zero-order valence-electron chi connectivity index (χ0n) is 11.3. The van der Waals surface area contributed by atoms with Gasteiger partial charge in [-0.3, -0.25) is 4.98 Å². The summed E-state index contributed by atoms with van der Waals surface area (Å²) < 4.78 is 31.5. The summed E-state index contributed by atoms with van der Waals surface area (Å²) in [5.41, 5.74) is 0.863. The highest BCUT2D eigenvalue weighted by Gasteiger charge is 2.46. The maximum Gasteiger partial charge on any atom is 0.214 e. The van der Waals surface area contributed by atoms with Crippen LogP contribution in [0.5, 0.6) is 0 Å². The maximum atomic E-state index is 11.9. The van der Waals surface area contributed by atoms with E-state index in [-0.39, 0.29) is 17.3 Å². The molecule has 0 aromatic carbocycles. The standard InChI is InChI=1S/C13H20N2O3S/c1-11(18-2)9-19(16,17)15-10-13(6-7-13)12-5-3-4-8-14-12/h3-5,8,11,15H,6-7,9-10H2,1-2H3/t11-/m0/s1. The van der Waals surface area contributed by atoms with Gasteiger partial charge in [0.15, 0.2) is 0 Å². The first-order valence-electron chi connectivity index (χ1n) is 6.39. The third-order valence-electron chi connectivity index (χ3n) is 3.55. The molecule has 5 nitrogen and oxygen atoms in total. The Morgan fingerprint density at radius 1 is 1.47 bits per heavy atom. The predicted molar refractivity (Wildman–Crippen MR) is 73.4 cm³/mol. The molecule has 19 heavy (non-hydrogen) atoms. The van der Waals surface area contributed by atoms with Gasteiger partial charge in [0.1, 0.15) is 0 Å². The van der Waals surface area contributed by atoms with Crippen LogP contribution in [0.4, 0.5) is 0 Å². The molecule has 0 aliphatic heterocycles. The number of nitrogens with one attached hydrogen (secondary N) is 1. The molecule has 1 fully saturated rings. The molecule has 6 heteroatoms. The SMILES string of the molecule is CO[C@@H](C)CS(=O)(=O)NCC1(c2ccccn2)CC1. The van der Waals surface area contributed by atoms with E-state index in [9.17, 15) is 8.42 Å². The van der Waals surface area contributed by atoms with E-state index in [1.807, 2.05) is 18.2 Å². The number of hydrogen-bond donors (Lipinski definition) is 1. The maximum absolute atomic E-state index is 11.9. The molecule has 1 aliphatic rings. The molecule has 0 radical (unpaired) electrons. The van der Waals surface area contributed by atoms with Crippen molar-refractivity contribution in [3.63, 3.8) is 0 Å². The third-order valence-corrected chi connectivity index (χ3v) is 5.04. The lowest BCUT2D eigenvalue weighted by Gasteiger charge is -2.17. The fourth-order valence-corrected chi connectivity index (χ4v) is 3.40. The molecule has 0 spiro atoms. The van der Waals surface area contributed by atoms with Crippen molar-refractivity contribution >= 4 is 10.0 Å². The Labute approximate surface area is 114 Å². The van der Waals surface area contributed by atoms with E-state index in [0.717, 1.165) is 18.5 Å². The second-order valence-corrected chi connectivity index (χ2v) is 7.00. The van der Waals surface area contributed by atoms with E-state index in [4.69, 9.17) is 4.74 Å². The first-order valence-corrected chi connectivity index (χ1v) is 8.04. The van der Waals surface area contributed by atoms with Crippen LogP contribution in [0.1, 0.15) is 25.5 Å². The molecule has 106 valence electrons. The average Bonchev–Trinajstić information content (AvgIpc) is 3.18. The average molecular weight is 284 g/mol. The molecular weight excluding hydrogens is 264 g/mol. The van der Waals surface area contributed by atoms with E-state index < -0.39 is 10.0 Å². The fraction of sp³-hybridized carbons (Fsp3) is 0.615. The second-order valence-electron chi connectivity index (χ2n) is 5.14. The Bertz CT molecular complexity index is 512. The van der Waals surface area contributed by atoms with Gasteiger partial charge in [-0.05, 0) is 31.9 Å². The smallest absolute Gasteiger partial charge is 0.214 e. The first kappa shape index (κ1) is 14.4. The van der Waals surface area contributed by atoms with Crippen LogP contribution in [-0.2, 0) is 20.2 Å². The molecule has 1 N–H and O–H groups in total. The molecule has 0 unspecified atom stereocenters. The van der Waals surface area contributed by atoms with Gasteiger partial charge in [-0.25, -0.2) is 13.1 Å². The molecule has 0 bridgehead atoms. The molecule has 2 rings (SSSR count). The van der Waals surface area contributed by atoms with Crippen molar-refractivity contribution in [2.45, 2.75) is 31.3 Å². The van der Waals surface area contributed by atoms with Gasteiger partial charge in [0.2, 0.25) is 10.0 Å². The van der Waals surface area contributed by atoms with E-state index in [2.05, 4.69) is 9.71 Å². The van der Waals surface area contributed by atoms with Crippen LogP contribution in [0.25, 0.3) is 0 Å². The molecule has 1 aromatic heterocycles. The monoisotopic (exact) mass is 284 g/mol. The number of ether oxygens (including phenoxy) is 1. The Balaban J connectivity index is 1.96. The summed E-state index contributed by atoms with van der Waals surface area (Å²) in [5, 5.41) is 0. The van der Waals surface area contributed by atoms with Crippen LogP contribution >= 0.6 is 0 Å². The zero-order chi connectivity index (χ0) is 13.9. The van der Waals surface area contributed by atoms with Gasteiger partial charge in [-0.2, -0.15) is 0 Å². The van der Waals surface area contributed by atoms with Crippen LogP contribution < -0.4 is 4.72 Å². The lowest BCUT2D eigenvalue weighted by molar-refractivity contribution is 0.136. The molecule has 0 amide bonds. The topological polar surface area (TPSA) is 68.3 Å². The van der Waals surface area contributed by atoms with Crippen LogP contribution in [0.2, 0.25) is 0 Å². The Kier molecular flexibility index (Phi) is 4.23. The minimum Gasteiger partial charge on any atom is -0.381 e. The van der Waals surface area contributed by atoms with Crippen molar-refractivity contribution in [1.82, 2.24) is 9.71 Å². The summed E-state index contributed by atoms with van der Waals surface area (Å²) in [7, 11) is -1.79. The van der Waals surface area contributed by atoms with Gasteiger partial charge < -0.3 is 4.74 Å². The summed E-state index contributed by atoms with van der Waals surface area (Å²) in [5.74, 6) is -0.0121. The van der Waals surface area contributed by atoms with Crippen molar-refractivity contribution in [3.05, 3.63) is 30.1 Å². The highest BCUT2D eigenvalue weighted by Crippen LogP contribution is 2.46. The van der Waals surface area contributed by atoms with Gasteiger partial charge in [-0.1, -0.05) is 6.07 Å². The predicted octanol–water partition coefficient (Wildman–Crippen LogP) is 1.07. The van der Waals surface area contributed by atoms with Gasteiger partial charge in [0.05, 0.1) is 11.9 Å². The fourth-order valence-electron chi connectivity index (χ4n) is 2.03. The van der Waals surface area contributed by atoms with E-state index in [1.165, 1.54) is 7.11 Å². The van der Waals surface area contributed by atoms with Gasteiger partial charge in [-0.15, -0.1) is 0 Å². The number of pyridine rings is 1. The lowest BCUT2D eigenvalue weighted by Crippen LogP contribution is -2.37. The summed E-state index contributed by atoms with van der Waals surface area (Å²) in [6.45, 7) is 2.16. The van der Waals surface area contributed by atoms with Crippen molar-refractivity contribution in [2.24, 2.45) is 0 Å². The Morgan fingerprint density at radius 3 is 2.74 bits per heavy atom. The molecule has 0 saturated heterocycles. The van der Waals surface area contributed by atoms with Gasteiger partial charge >= 0.3 is 0 Å². The van der Waals surface area contributed by atoms with Crippen LogP contribution in [0.15, 0.2) is 24.4 Å². The third kappa shape index (κ3) is 3.75. The number of methoxy groups -OCH3 is 1. The number of sulfonamides is 1. The largest absolute Gasteiger partial charge is 0.381 e.